The van der Waals surface area contributed by atoms with Crippen molar-refractivity contribution >= 4 is 15.5 Å². The quantitative estimate of drug-likeness (QED) is 0.877. The fraction of sp³-hybridized carbons (Fsp3) is 0.538. The van der Waals surface area contributed by atoms with Crippen molar-refractivity contribution < 1.29 is 22.3 Å². The van der Waals surface area contributed by atoms with Crippen LogP contribution in [-0.2, 0) is 9.84 Å². The molecule has 114 valence electrons. The molecule has 1 aromatic carbocycles. The number of rotatable bonds is 5. The Bertz CT molecular complexity index is 553. The van der Waals surface area contributed by atoms with Gasteiger partial charge in [-0.05, 0) is 17.5 Å². The smallest absolute Gasteiger partial charge is 0.341 e. The number of benzene rings is 1. The van der Waals surface area contributed by atoms with Gasteiger partial charge in [0, 0.05) is 6.54 Å². The van der Waals surface area contributed by atoms with Crippen LogP contribution in [0.3, 0.4) is 0 Å². The van der Waals surface area contributed by atoms with Gasteiger partial charge in [0.1, 0.15) is 0 Å². The van der Waals surface area contributed by atoms with E-state index in [9.17, 15) is 22.3 Å². The van der Waals surface area contributed by atoms with Gasteiger partial charge in [0.25, 0.3) is 0 Å². The van der Waals surface area contributed by atoms with Crippen molar-refractivity contribution in [3.05, 3.63) is 24.3 Å². The molecule has 0 amide bonds. The van der Waals surface area contributed by atoms with Gasteiger partial charge < -0.3 is 10.4 Å². The van der Waals surface area contributed by atoms with E-state index in [2.05, 4.69) is 5.32 Å². The van der Waals surface area contributed by atoms with Gasteiger partial charge in [0.2, 0.25) is 9.84 Å². The molecule has 0 radical (unpaired) electrons. The van der Waals surface area contributed by atoms with Crippen LogP contribution in [-0.4, -0.2) is 31.9 Å². The Kier molecular flexibility index (Phi) is 5.10. The van der Waals surface area contributed by atoms with Crippen LogP contribution in [0.1, 0.15) is 20.8 Å². The van der Waals surface area contributed by atoms with E-state index in [0.29, 0.717) is 0 Å². The van der Waals surface area contributed by atoms with Crippen LogP contribution in [0, 0.1) is 5.41 Å². The van der Waals surface area contributed by atoms with Gasteiger partial charge in [-0.3, -0.25) is 0 Å². The number of sulfone groups is 1. The Hall–Kier alpha value is -1.21. The highest BCUT2D eigenvalue weighted by Gasteiger charge is 2.29. The summed E-state index contributed by atoms with van der Waals surface area (Å²) in [6.45, 7) is 5.53. The maximum atomic E-state index is 12.6. The summed E-state index contributed by atoms with van der Waals surface area (Å²) in [5.41, 5.74) is -0.333. The van der Waals surface area contributed by atoms with Crippen LogP contribution in [0.15, 0.2) is 29.2 Å². The molecule has 2 N–H and O–H groups in total. The lowest BCUT2D eigenvalue weighted by molar-refractivity contribution is 0.0745. The van der Waals surface area contributed by atoms with Gasteiger partial charge in [-0.25, -0.2) is 8.42 Å². The first kappa shape index (κ1) is 16.8. The molecule has 4 nitrogen and oxygen atoms in total. The minimum Gasteiger partial charge on any atom is -0.391 e. The van der Waals surface area contributed by atoms with Crippen molar-refractivity contribution in [2.75, 3.05) is 11.9 Å². The predicted octanol–water partition coefficient (Wildman–Crippen LogP) is 2.50. The number of anilines is 1. The minimum atomic E-state index is -4.67. The summed E-state index contributed by atoms with van der Waals surface area (Å²) in [6, 6.07) is 5.43. The SMILES string of the molecule is CC(C)(C)[C@@H](O)CNc1ccccc1S(=O)(=O)C(F)F. The Balaban J connectivity index is 2.99. The molecule has 0 heterocycles. The molecule has 0 unspecified atom stereocenters. The summed E-state index contributed by atoms with van der Waals surface area (Å²) in [6.07, 6.45) is -0.746. The zero-order chi connectivity index (χ0) is 15.6. The molecule has 0 aliphatic carbocycles. The second-order valence-corrected chi connectivity index (χ2v) is 7.45. The molecule has 0 aliphatic rings. The molecule has 20 heavy (non-hydrogen) atoms. The molecular weight excluding hydrogens is 288 g/mol. The molecule has 0 spiro atoms. The molecule has 0 saturated heterocycles. The van der Waals surface area contributed by atoms with Crippen LogP contribution < -0.4 is 5.32 Å². The summed E-state index contributed by atoms with van der Waals surface area (Å²) >= 11 is 0. The molecule has 7 heteroatoms. The first-order valence-electron chi connectivity index (χ1n) is 6.10. The van der Waals surface area contributed by atoms with E-state index in [0.717, 1.165) is 6.07 Å². The van der Waals surface area contributed by atoms with Crippen molar-refractivity contribution in [3.63, 3.8) is 0 Å². The van der Waals surface area contributed by atoms with Crippen LogP contribution >= 0.6 is 0 Å². The van der Waals surface area contributed by atoms with Crippen molar-refractivity contribution in [2.45, 2.75) is 37.5 Å². The standard InChI is InChI=1S/C13H19F2NO3S/c1-13(2,3)11(17)8-16-9-6-4-5-7-10(9)20(18,19)12(14)15/h4-7,11-12,16-17H,8H2,1-3H3/t11-/m0/s1. The second-order valence-electron chi connectivity index (χ2n) is 5.56. The van der Waals surface area contributed by atoms with E-state index in [1.54, 1.807) is 0 Å². The topological polar surface area (TPSA) is 66.4 Å². The van der Waals surface area contributed by atoms with Gasteiger partial charge >= 0.3 is 5.76 Å². The number of hydrogen-bond acceptors (Lipinski definition) is 4. The molecular formula is C13H19F2NO3S. The average molecular weight is 307 g/mol. The molecule has 0 aromatic heterocycles. The Morgan fingerprint density at radius 3 is 2.30 bits per heavy atom. The van der Waals surface area contributed by atoms with Crippen LogP contribution in [0.2, 0.25) is 0 Å². The highest BCUT2D eigenvalue weighted by molar-refractivity contribution is 7.91. The highest BCUT2D eigenvalue weighted by Crippen LogP contribution is 2.27. The van der Waals surface area contributed by atoms with Crippen molar-refractivity contribution in [1.82, 2.24) is 0 Å². The number of alkyl halides is 2. The van der Waals surface area contributed by atoms with E-state index < -0.39 is 32.0 Å². The van der Waals surface area contributed by atoms with Gasteiger partial charge in [0.05, 0.1) is 16.7 Å². The molecule has 0 saturated carbocycles. The summed E-state index contributed by atoms with van der Waals surface area (Å²) in [5.74, 6) is -3.47. The maximum absolute atomic E-state index is 12.6. The lowest BCUT2D eigenvalue weighted by Gasteiger charge is -2.26. The third-order valence-electron chi connectivity index (χ3n) is 2.91. The monoisotopic (exact) mass is 307 g/mol. The maximum Gasteiger partial charge on any atom is 0.341 e. The van der Waals surface area contributed by atoms with Crippen molar-refractivity contribution in [1.29, 1.82) is 0 Å². The Morgan fingerprint density at radius 1 is 1.25 bits per heavy atom. The van der Waals surface area contributed by atoms with Crippen LogP contribution in [0.5, 0.6) is 0 Å². The summed E-state index contributed by atoms with van der Waals surface area (Å²) < 4.78 is 48.3. The highest BCUT2D eigenvalue weighted by atomic mass is 32.2. The normalized spacial score (nSPS) is 14.3. The van der Waals surface area contributed by atoms with Crippen LogP contribution in [0.4, 0.5) is 14.5 Å². The van der Waals surface area contributed by atoms with Crippen molar-refractivity contribution in [2.24, 2.45) is 5.41 Å². The molecule has 0 bridgehead atoms. The first-order chi connectivity index (χ1) is 9.06. The molecule has 1 rings (SSSR count). The zero-order valence-corrected chi connectivity index (χ0v) is 12.4. The zero-order valence-electron chi connectivity index (χ0n) is 11.6. The van der Waals surface area contributed by atoms with E-state index in [1.165, 1.54) is 18.2 Å². The number of aliphatic hydroxyl groups excluding tert-OH is 1. The number of hydrogen-bond donors (Lipinski definition) is 2. The fourth-order valence-electron chi connectivity index (χ4n) is 1.47. The predicted molar refractivity (Wildman–Crippen MR) is 73.6 cm³/mol. The largest absolute Gasteiger partial charge is 0.391 e. The first-order valence-corrected chi connectivity index (χ1v) is 7.64. The number of nitrogens with one attached hydrogen (secondary N) is 1. The lowest BCUT2D eigenvalue weighted by atomic mass is 9.89. The van der Waals surface area contributed by atoms with Gasteiger partial charge in [-0.15, -0.1) is 0 Å². The number of aliphatic hydroxyl groups is 1. The van der Waals surface area contributed by atoms with Gasteiger partial charge in [-0.1, -0.05) is 32.9 Å². The molecule has 0 fully saturated rings. The Labute approximate surface area is 117 Å². The van der Waals surface area contributed by atoms with Gasteiger partial charge in [0.15, 0.2) is 0 Å². The van der Waals surface area contributed by atoms with E-state index >= 15 is 0 Å². The molecule has 1 atom stereocenters. The minimum absolute atomic E-state index is 0.0658. The number of halogens is 2. The average Bonchev–Trinajstić information content (AvgIpc) is 2.34. The van der Waals surface area contributed by atoms with Crippen molar-refractivity contribution in [3.8, 4) is 0 Å². The van der Waals surface area contributed by atoms with E-state index in [1.807, 2.05) is 20.8 Å². The van der Waals surface area contributed by atoms with Gasteiger partial charge in [-0.2, -0.15) is 8.78 Å². The van der Waals surface area contributed by atoms with Crippen LogP contribution in [0.25, 0.3) is 0 Å². The lowest BCUT2D eigenvalue weighted by Crippen LogP contribution is -2.33. The third kappa shape index (κ3) is 3.89. The fourth-order valence-corrected chi connectivity index (χ4v) is 2.38. The van der Waals surface area contributed by atoms with E-state index in [4.69, 9.17) is 0 Å². The summed E-state index contributed by atoms with van der Waals surface area (Å²) in [4.78, 5) is -0.462. The molecule has 0 aliphatic heterocycles. The van der Waals surface area contributed by atoms with E-state index in [-0.39, 0.29) is 12.2 Å². The Morgan fingerprint density at radius 2 is 1.80 bits per heavy atom. The second kappa shape index (κ2) is 6.05. The number of para-hydroxylation sites is 1. The summed E-state index contributed by atoms with van der Waals surface area (Å²) in [5, 5.41) is 12.6. The molecule has 1 aromatic rings. The summed E-state index contributed by atoms with van der Waals surface area (Å²) in [7, 11) is -4.67. The third-order valence-corrected chi connectivity index (χ3v) is 4.35.